The number of halogens is 1. The lowest BCUT2D eigenvalue weighted by Gasteiger charge is -2.18. The van der Waals surface area contributed by atoms with Crippen molar-refractivity contribution in [3.8, 4) is 0 Å². The van der Waals surface area contributed by atoms with Gasteiger partial charge in [-0.25, -0.2) is 17.5 Å². The molecule has 0 saturated carbocycles. The van der Waals surface area contributed by atoms with E-state index in [1.54, 1.807) is 0 Å². The van der Waals surface area contributed by atoms with Crippen LogP contribution in [0, 0.1) is 21.8 Å². The molecule has 3 N–H and O–H groups in total. The van der Waals surface area contributed by atoms with Crippen molar-refractivity contribution < 1.29 is 17.7 Å². The highest BCUT2D eigenvalue weighted by molar-refractivity contribution is 7.89. The van der Waals surface area contributed by atoms with Crippen LogP contribution in [0.3, 0.4) is 0 Å². The predicted molar refractivity (Wildman–Crippen MR) is 75.7 cm³/mol. The summed E-state index contributed by atoms with van der Waals surface area (Å²) in [6.45, 7) is 3.86. The average molecular weight is 319 g/mol. The molecule has 0 aliphatic rings. The number of hydrogen-bond donors (Lipinski definition) is 2. The van der Waals surface area contributed by atoms with Crippen LogP contribution >= 0.6 is 0 Å². The van der Waals surface area contributed by atoms with Crippen LogP contribution in [-0.4, -0.2) is 25.9 Å². The van der Waals surface area contributed by atoms with Gasteiger partial charge in [-0.1, -0.05) is 13.8 Å². The van der Waals surface area contributed by atoms with E-state index in [0.29, 0.717) is 12.5 Å². The Hall–Kier alpha value is -1.58. The molecule has 1 atom stereocenters. The van der Waals surface area contributed by atoms with Crippen molar-refractivity contribution in [2.75, 3.05) is 6.54 Å². The molecule has 1 unspecified atom stereocenters. The highest BCUT2D eigenvalue weighted by Crippen LogP contribution is 2.24. The van der Waals surface area contributed by atoms with Crippen LogP contribution in [0.25, 0.3) is 0 Å². The Balaban J connectivity index is 3.16. The molecule has 0 bridgehead atoms. The number of nitrogens with one attached hydrogen (secondary N) is 1. The molecule has 118 valence electrons. The van der Waals surface area contributed by atoms with E-state index < -0.39 is 37.4 Å². The zero-order chi connectivity index (χ0) is 16.2. The van der Waals surface area contributed by atoms with Gasteiger partial charge in [0.1, 0.15) is 5.82 Å². The van der Waals surface area contributed by atoms with Crippen molar-refractivity contribution in [2.24, 2.45) is 11.7 Å². The third kappa shape index (κ3) is 4.73. The van der Waals surface area contributed by atoms with E-state index in [4.69, 9.17) is 5.73 Å². The summed E-state index contributed by atoms with van der Waals surface area (Å²) in [4.78, 5) is 9.37. The fourth-order valence-corrected chi connectivity index (χ4v) is 3.32. The average Bonchev–Trinajstić information content (AvgIpc) is 2.36. The highest BCUT2D eigenvalue weighted by atomic mass is 32.2. The molecule has 0 spiro atoms. The van der Waals surface area contributed by atoms with Crippen molar-refractivity contribution in [1.29, 1.82) is 0 Å². The quantitative estimate of drug-likeness (QED) is 0.582. The van der Waals surface area contributed by atoms with Crippen molar-refractivity contribution in [3.63, 3.8) is 0 Å². The number of nitrogens with two attached hydrogens (primary N) is 1. The number of rotatable bonds is 7. The van der Waals surface area contributed by atoms with Gasteiger partial charge in [0, 0.05) is 12.6 Å². The standard InChI is InChI=1S/C12H18FN3O4S/c1-8(2)5-10(7-14)15-21(19,20)12-4-3-9(13)6-11(12)16(17)18/h3-4,6,8,10,15H,5,7,14H2,1-2H3. The lowest BCUT2D eigenvalue weighted by molar-refractivity contribution is -0.388. The molecule has 21 heavy (non-hydrogen) atoms. The van der Waals surface area contributed by atoms with Crippen molar-refractivity contribution >= 4 is 15.7 Å². The SMILES string of the molecule is CC(C)CC(CN)NS(=O)(=O)c1ccc(F)cc1[N+](=O)[O-]. The summed E-state index contributed by atoms with van der Waals surface area (Å²) in [5.41, 5.74) is 4.70. The monoisotopic (exact) mass is 319 g/mol. The third-order valence-electron chi connectivity index (χ3n) is 2.77. The Bertz CT molecular complexity index is 619. The van der Waals surface area contributed by atoms with Crippen molar-refractivity contribution in [3.05, 3.63) is 34.1 Å². The van der Waals surface area contributed by atoms with E-state index in [1.165, 1.54) is 0 Å². The second kappa shape index (κ2) is 6.92. The molecule has 0 aliphatic carbocycles. The largest absolute Gasteiger partial charge is 0.329 e. The smallest absolute Gasteiger partial charge is 0.292 e. The minimum absolute atomic E-state index is 0.0619. The number of nitrogens with zero attached hydrogens (tertiary/aromatic N) is 1. The normalized spacial score (nSPS) is 13.4. The maximum Gasteiger partial charge on any atom is 0.292 e. The fourth-order valence-electron chi connectivity index (χ4n) is 1.90. The van der Waals surface area contributed by atoms with Gasteiger partial charge in [0.05, 0.1) is 11.0 Å². The van der Waals surface area contributed by atoms with E-state index in [0.717, 1.165) is 12.1 Å². The number of benzene rings is 1. The van der Waals surface area contributed by atoms with Gasteiger partial charge < -0.3 is 5.73 Å². The predicted octanol–water partition coefficient (Wildman–Crippen LogP) is 1.39. The van der Waals surface area contributed by atoms with Crippen LogP contribution in [0.4, 0.5) is 10.1 Å². The van der Waals surface area contributed by atoms with Crippen molar-refractivity contribution in [1.82, 2.24) is 4.72 Å². The molecular formula is C12H18FN3O4S. The summed E-state index contributed by atoms with van der Waals surface area (Å²) in [6, 6.07) is 1.77. The number of sulfonamides is 1. The molecule has 0 aromatic heterocycles. The summed E-state index contributed by atoms with van der Waals surface area (Å²) >= 11 is 0. The maximum absolute atomic E-state index is 13.1. The molecule has 1 rings (SSSR count). The molecule has 0 radical (unpaired) electrons. The Labute approximate surface area is 122 Å². The second-order valence-corrected chi connectivity index (χ2v) is 6.74. The molecule has 0 heterocycles. The minimum Gasteiger partial charge on any atom is -0.329 e. The van der Waals surface area contributed by atoms with E-state index in [9.17, 15) is 22.9 Å². The van der Waals surface area contributed by atoms with Gasteiger partial charge in [0.2, 0.25) is 10.0 Å². The van der Waals surface area contributed by atoms with Gasteiger partial charge in [-0.2, -0.15) is 0 Å². The summed E-state index contributed by atoms with van der Waals surface area (Å²) in [7, 11) is -4.15. The Morgan fingerprint density at radius 1 is 1.43 bits per heavy atom. The Kier molecular flexibility index (Phi) is 5.76. The van der Waals surface area contributed by atoms with Crippen LogP contribution < -0.4 is 10.5 Å². The fraction of sp³-hybridized carbons (Fsp3) is 0.500. The van der Waals surface area contributed by atoms with E-state index in [-0.39, 0.29) is 12.5 Å². The summed E-state index contributed by atoms with van der Waals surface area (Å²) in [6.07, 6.45) is 0.491. The molecule has 0 saturated heterocycles. The molecule has 0 amide bonds. The zero-order valence-electron chi connectivity index (χ0n) is 11.7. The van der Waals surface area contributed by atoms with E-state index in [2.05, 4.69) is 4.72 Å². The molecule has 0 fully saturated rings. The molecule has 1 aromatic carbocycles. The molecular weight excluding hydrogens is 301 g/mol. The van der Waals surface area contributed by atoms with Gasteiger partial charge in [-0.15, -0.1) is 0 Å². The Morgan fingerprint density at radius 3 is 2.52 bits per heavy atom. The first-order chi connectivity index (χ1) is 9.67. The lowest BCUT2D eigenvalue weighted by atomic mass is 10.1. The topological polar surface area (TPSA) is 115 Å². The summed E-state index contributed by atoms with van der Waals surface area (Å²) in [5.74, 6) is -0.678. The molecule has 1 aromatic rings. The van der Waals surface area contributed by atoms with Gasteiger partial charge in [0.15, 0.2) is 4.90 Å². The lowest BCUT2D eigenvalue weighted by Crippen LogP contribution is -2.41. The van der Waals surface area contributed by atoms with Crippen LogP contribution in [0.2, 0.25) is 0 Å². The molecule has 9 heteroatoms. The van der Waals surface area contributed by atoms with E-state index in [1.807, 2.05) is 13.8 Å². The first-order valence-electron chi connectivity index (χ1n) is 6.33. The van der Waals surface area contributed by atoms with Crippen molar-refractivity contribution in [2.45, 2.75) is 31.2 Å². The van der Waals surface area contributed by atoms with Crippen LogP contribution in [0.5, 0.6) is 0 Å². The van der Waals surface area contributed by atoms with Crippen LogP contribution in [0.15, 0.2) is 23.1 Å². The van der Waals surface area contributed by atoms with Gasteiger partial charge in [-0.05, 0) is 24.5 Å². The zero-order valence-corrected chi connectivity index (χ0v) is 12.6. The highest BCUT2D eigenvalue weighted by Gasteiger charge is 2.28. The molecule has 7 nitrogen and oxygen atoms in total. The summed E-state index contributed by atoms with van der Waals surface area (Å²) < 4.78 is 39.8. The number of nitro groups is 1. The first-order valence-corrected chi connectivity index (χ1v) is 7.82. The maximum atomic E-state index is 13.1. The van der Waals surface area contributed by atoms with Gasteiger partial charge in [-0.3, -0.25) is 10.1 Å². The Morgan fingerprint density at radius 2 is 2.05 bits per heavy atom. The van der Waals surface area contributed by atoms with Crippen LogP contribution in [0.1, 0.15) is 20.3 Å². The second-order valence-electron chi connectivity index (χ2n) is 5.05. The third-order valence-corrected chi connectivity index (χ3v) is 4.34. The number of hydrogen-bond acceptors (Lipinski definition) is 5. The summed E-state index contributed by atoms with van der Waals surface area (Å²) in [5, 5.41) is 10.9. The molecule has 0 aliphatic heterocycles. The minimum atomic E-state index is -4.15. The van der Waals surface area contributed by atoms with Gasteiger partial charge in [0.25, 0.3) is 5.69 Å². The number of nitro benzene ring substituents is 1. The first kappa shape index (κ1) is 17.5. The van der Waals surface area contributed by atoms with E-state index >= 15 is 0 Å². The van der Waals surface area contributed by atoms with Gasteiger partial charge >= 0.3 is 0 Å². The van der Waals surface area contributed by atoms with Crippen LogP contribution in [-0.2, 0) is 10.0 Å².